The highest BCUT2D eigenvalue weighted by atomic mass is 16.4. The first kappa shape index (κ1) is 8.74. The molecular formula is C10H10N2O2. The normalized spacial score (nSPS) is 10.7. The van der Waals surface area contributed by atoms with Crippen LogP contribution in [0.2, 0.25) is 0 Å². The van der Waals surface area contributed by atoms with Crippen LogP contribution < -0.4 is 0 Å². The molecular weight excluding hydrogens is 180 g/mol. The summed E-state index contributed by atoms with van der Waals surface area (Å²) in [5.41, 5.74) is 2.08. The number of aromatic carboxylic acids is 1. The Kier molecular flexibility index (Phi) is 1.77. The van der Waals surface area contributed by atoms with Crippen LogP contribution >= 0.6 is 0 Å². The molecule has 0 atom stereocenters. The summed E-state index contributed by atoms with van der Waals surface area (Å²) in [7, 11) is 1.83. The maximum Gasteiger partial charge on any atom is 0.337 e. The van der Waals surface area contributed by atoms with E-state index in [9.17, 15) is 4.79 Å². The van der Waals surface area contributed by atoms with Gasteiger partial charge in [0.25, 0.3) is 0 Å². The van der Waals surface area contributed by atoms with Gasteiger partial charge >= 0.3 is 5.97 Å². The lowest BCUT2D eigenvalue weighted by Gasteiger charge is -1.96. The molecule has 0 unspecified atom stereocenters. The van der Waals surface area contributed by atoms with E-state index in [0.29, 0.717) is 10.9 Å². The third-order valence-corrected chi connectivity index (χ3v) is 2.24. The van der Waals surface area contributed by atoms with Crippen LogP contribution in [0.4, 0.5) is 0 Å². The summed E-state index contributed by atoms with van der Waals surface area (Å²) in [4.78, 5) is 15.0. The van der Waals surface area contributed by atoms with E-state index in [0.717, 1.165) is 11.2 Å². The summed E-state index contributed by atoms with van der Waals surface area (Å²) in [5.74, 6) is -0.916. The van der Waals surface area contributed by atoms with Gasteiger partial charge in [0, 0.05) is 30.5 Å². The van der Waals surface area contributed by atoms with E-state index in [1.807, 2.05) is 20.0 Å². The van der Waals surface area contributed by atoms with Gasteiger partial charge in [-0.2, -0.15) is 0 Å². The zero-order valence-electron chi connectivity index (χ0n) is 7.98. The molecule has 2 aromatic heterocycles. The fourth-order valence-electron chi connectivity index (χ4n) is 1.55. The summed E-state index contributed by atoms with van der Waals surface area (Å²) in [6.45, 7) is 1.88. The predicted molar refractivity (Wildman–Crippen MR) is 52.4 cm³/mol. The Bertz CT molecular complexity index is 514. The van der Waals surface area contributed by atoms with Crippen molar-refractivity contribution in [2.24, 2.45) is 7.05 Å². The van der Waals surface area contributed by atoms with Gasteiger partial charge < -0.3 is 9.67 Å². The number of hydrogen-bond acceptors (Lipinski definition) is 2. The highest BCUT2D eigenvalue weighted by molar-refractivity contribution is 6.03. The minimum atomic E-state index is -0.916. The number of aromatic nitrogens is 2. The Labute approximate surface area is 80.8 Å². The van der Waals surface area contributed by atoms with E-state index >= 15 is 0 Å². The smallest absolute Gasteiger partial charge is 0.337 e. The Hall–Kier alpha value is -1.84. The Balaban J connectivity index is 2.84. The van der Waals surface area contributed by atoms with Crippen LogP contribution in [0.1, 0.15) is 16.1 Å². The van der Waals surface area contributed by atoms with Crippen LogP contribution in [0.25, 0.3) is 10.9 Å². The fourth-order valence-corrected chi connectivity index (χ4v) is 1.55. The first-order valence-corrected chi connectivity index (χ1v) is 4.24. The molecule has 4 heteroatoms. The zero-order chi connectivity index (χ0) is 10.3. The van der Waals surface area contributed by atoms with Gasteiger partial charge in [0.05, 0.1) is 11.1 Å². The SMILES string of the molecule is Cc1cc2c(cn1)c(C(=O)O)cn2C. The minimum Gasteiger partial charge on any atom is -0.478 e. The molecule has 0 radical (unpaired) electrons. The molecule has 2 rings (SSSR count). The van der Waals surface area contributed by atoms with Gasteiger partial charge in [0.2, 0.25) is 0 Å². The maximum atomic E-state index is 10.9. The highest BCUT2D eigenvalue weighted by Gasteiger charge is 2.12. The first-order valence-electron chi connectivity index (χ1n) is 4.24. The van der Waals surface area contributed by atoms with Crippen molar-refractivity contribution in [1.82, 2.24) is 9.55 Å². The highest BCUT2D eigenvalue weighted by Crippen LogP contribution is 2.20. The minimum absolute atomic E-state index is 0.301. The summed E-state index contributed by atoms with van der Waals surface area (Å²) in [6.07, 6.45) is 3.21. The number of carbonyl (C=O) groups is 1. The van der Waals surface area contributed by atoms with Crippen molar-refractivity contribution in [3.05, 3.63) is 29.7 Å². The van der Waals surface area contributed by atoms with E-state index < -0.39 is 5.97 Å². The number of fused-ring (bicyclic) bond motifs is 1. The van der Waals surface area contributed by atoms with Gasteiger partial charge in [0.15, 0.2) is 0 Å². The van der Waals surface area contributed by atoms with Crippen molar-refractivity contribution in [1.29, 1.82) is 0 Å². The molecule has 0 aliphatic rings. The molecule has 0 fully saturated rings. The van der Waals surface area contributed by atoms with Gasteiger partial charge in [-0.3, -0.25) is 4.98 Å². The summed E-state index contributed by atoms with van der Waals surface area (Å²) < 4.78 is 1.80. The number of nitrogens with zero attached hydrogens (tertiary/aromatic N) is 2. The first-order chi connectivity index (χ1) is 6.59. The number of carboxylic acid groups (broad SMARTS) is 1. The molecule has 72 valence electrons. The van der Waals surface area contributed by atoms with E-state index in [4.69, 9.17) is 5.11 Å². The average Bonchev–Trinajstić information content (AvgIpc) is 2.44. The quantitative estimate of drug-likeness (QED) is 0.742. The number of pyridine rings is 1. The van der Waals surface area contributed by atoms with Gasteiger partial charge in [-0.25, -0.2) is 4.79 Å². The van der Waals surface area contributed by atoms with Crippen molar-refractivity contribution >= 4 is 16.9 Å². The lowest BCUT2D eigenvalue weighted by Crippen LogP contribution is -1.94. The maximum absolute atomic E-state index is 10.9. The van der Waals surface area contributed by atoms with E-state index in [-0.39, 0.29) is 0 Å². The van der Waals surface area contributed by atoms with Crippen LogP contribution in [0.5, 0.6) is 0 Å². The largest absolute Gasteiger partial charge is 0.478 e. The van der Waals surface area contributed by atoms with Gasteiger partial charge in [-0.15, -0.1) is 0 Å². The topological polar surface area (TPSA) is 55.1 Å². The standard InChI is InChI=1S/C10H10N2O2/c1-6-3-9-7(4-11-6)8(10(13)14)5-12(9)2/h3-5H,1-2H3,(H,13,14). The molecule has 0 aliphatic heterocycles. The third-order valence-electron chi connectivity index (χ3n) is 2.24. The van der Waals surface area contributed by atoms with Crippen molar-refractivity contribution in [2.45, 2.75) is 6.92 Å². The Morgan fingerprint density at radius 2 is 2.29 bits per heavy atom. The zero-order valence-corrected chi connectivity index (χ0v) is 7.98. The second-order valence-corrected chi connectivity index (χ2v) is 3.30. The fraction of sp³-hybridized carbons (Fsp3) is 0.200. The second-order valence-electron chi connectivity index (χ2n) is 3.30. The second kappa shape index (κ2) is 2.83. The van der Waals surface area contributed by atoms with Crippen LogP contribution in [0.15, 0.2) is 18.5 Å². The van der Waals surface area contributed by atoms with Crippen molar-refractivity contribution in [2.75, 3.05) is 0 Å². The van der Waals surface area contributed by atoms with Gasteiger partial charge in [0.1, 0.15) is 0 Å². The van der Waals surface area contributed by atoms with E-state index in [2.05, 4.69) is 4.98 Å². The number of carboxylic acids is 1. The van der Waals surface area contributed by atoms with E-state index in [1.54, 1.807) is 17.0 Å². The van der Waals surface area contributed by atoms with Crippen LogP contribution in [-0.2, 0) is 7.05 Å². The molecule has 0 aliphatic carbocycles. The van der Waals surface area contributed by atoms with Crippen molar-refractivity contribution in [3.8, 4) is 0 Å². The van der Waals surface area contributed by atoms with Gasteiger partial charge in [-0.1, -0.05) is 0 Å². The summed E-state index contributed by atoms with van der Waals surface area (Å²) >= 11 is 0. The molecule has 2 heterocycles. The molecule has 4 nitrogen and oxygen atoms in total. The monoisotopic (exact) mass is 190 g/mol. The molecule has 14 heavy (non-hydrogen) atoms. The lowest BCUT2D eigenvalue weighted by molar-refractivity contribution is 0.0699. The Morgan fingerprint density at radius 3 is 2.93 bits per heavy atom. The molecule has 0 spiro atoms. The van der Waals surface area contributed by atoms with Gasteiger partial charge in [-0.05, 0) is 13.0 Å². The Morgan fingerprint density at radius 1 is 1.57 bits per heavy atom. The summed E-state index contributed by atoms with van der Waals surface area (Å²) in [6, 6.07) is 1.88. The third kappa shape index (κ3) is 1.16. The predicted octanol–water partition coefficient (Wildman–Crippen LogP) is 1.58. The molecule has 0 bridgehead atoms. The van der Waals surface area contributed by atoms with Crippen LogP contribution in [0, 0.1) is 6.92 Å². The van der Waals surface area contributed by atoms with Crippen molar-refractivity contribution < 1.29 is 9.90 Å². The molecule has 0 aromatic carbocycles. The number of hydrogen-bond donors (Lipinski definition) is 1. The molecule has 2 aromatic rings. The van der Waals surface area contributed by atoms with E-state index in [1.165, 1.54) is 0 Å². The number of rotatable bonds is 1. The summed E-state index contributed by atoms with van der Waals surface area (Å²) in [5, 5.41) is 9.61. The van der Waals surface area contributed by atoms with Crippen molar-refractivity contribution in [3.63, 3.8) is 0 Å². The van der Waals surface area contributed by atoms with Crippen LogP contribution in [0.3, 0.4) is 0 Å². The lowest BCUT2D eigenvalue weighted by atomic mass is 10.2. The molecule has 0 saturated heterocycles. The molecule has 0 amide bonds. The molecule has 1 N–H and O–H groups in total. The average molecular weight is 190 g/mol. The van der Waals surface area contributed by atoms with Crippen LogP contribution in [-0.4, -0.2) is 20.6 Å². The number of aryl methyl sites for hydroxylation is 2. The molecule has 0 saturated carbocycles.